The summed E-state index contributed by atoms with van der Waals surface area (Å²) in [5, 5.41) is 5.69. The number of carbonyl (C=O) groups is 2. The number of thioether (sulfide) groups is 1. The van der Waals surface area contributed by atoms with Gasteiger partial charge in [0.2, 0.25) is 11.8 Å². The van der Waals surface area contributed by atoms with Crippen LogP contribution in [0.25, 0.3) is 11.0 Å². The van der Waals surface area contributed by atoms with Crippen molar-refractivity contribution in [3.8, 4) is 0 Å². The van der Waals surface area contributed by atoms with Crippen LogP contribution in [-0.2, 0) is 35.0 Å². The smallest absolute Gasteiger partial charge is 0.332 e. The Labute approximate surface area is 187 Å². The van der Waals surface area contributed by atoms with E-state index >= 15 is 0 Å². The Morgan fingerprint density at radius 3 is 2.47 bits per heavy atom. The summed E-state index contributed by atoms with van der Waals surface area (Å²) in [7, 11) is 4.46. The number of benzene rings is 1. The van der Waals surface area contributed by atoms with Crippen LogP contribution in [0.4, 0.5) is 11.4 Å². The molecule has 0 atom stereocenters. The fourth-order valence-corrected chi connectivity index (χ4v) is 4.15. The van der Waals surface area contributed by atoms with Crippen LogP contribution in [0.3, 0.4) is 0 Å². The number of pyridine rings is 1. The van der Waals surface area contributed by atoms with Crippen molar-refractivity contribution in [1.82, 2.24) is 14.1 Å². The van der Waals surface area contributed by atoms with E-state index in [4.69, 9.17) is 4.74 Å². The Balaban J connectivity index is 1.90. The van der Waals surface area contributed by atoms with Crippen molar-refractivity contribution in [3.05, 3.63) is 56.9 Å². The monoisotopic (exact) mass is 457 g/mol. The maximum absolute atomic E-state index is 12.9. The van der Waals surface area contributed by atoms with Crippen molar-refractivity contribution >= 4 is 46.0 Å². The first-order valence-corrected chi connectivity index (χ1v) is 10.6. The highest BCUT2D eigenvalue weighted by Crippen LogP contribution is 2.29. The Kier molecular flexibility index (Phi) is 7.11. The van der Waals surface area contributed by atoms with Gasteiger partial charge in [0.25, 0.3) is 5.56 Å². The lowest BCUT2D eigenvalue weighted by Crippen LogP contribution is -2.37. The minimum Gasteiger partial charge on any atom is -0.380 e. The molecular weight excluding hydrogens is 434 g/mol. The van der Waals surface area contributed by atoms with Crippen molar-refractivity contribution < 1.29 is 14.3 Å². The summed E-state index contributed by atoms with van der Waals surface area (Å²) in [4.78, 5) is 53.7. The molecule has 0 aliphatic carbocycles. The molecule has 2 aromatic heterocycles. The van der Waals surface area contributed by atoms with Gasteiger partial charge in [-0.15, -0.1) is 11.8 Å². The highest BCUT2D eigenvalue weighted by molar-refractivity contribution is 8.00. The molecule has 0 aliphatic rings. The molecule has 0 spiro atoms. The number of aromatic nitrogens is 3. The molecule has 0 saturated heterocycles. The molecule has 3 aromatic rings. The molecule has 0 fully saturated rings. The Bertz CT molecular complexity index is 1310. The van der Waals surface area contributed by atoms with Crippen molar-refractivity contribution in [1.29, 1.82) is 0 Å². The van der Waals surface area contributed by atoms with E-state index in [0.29, 0.717) is 21.8 Å². The van der Waals surface area contributed by atoms with Gasteiger partial charge in [-0.25, -0.2) is 9.78 Å². The average Bonchev–Trinajstić information content (AvgIpc) is 2.75. The van der Waals surface area contributed by atoms with E-state index in [1.165, 1.54) is 44.5 Å². The van der Waals surface area contributed by atoms with E-state index < -0.39 is 11.2 Å². The van der Waals surface area contributed by atoms with Gasteiger partial charge in [0.15, 0.2) is 0 Å². The van der Waals surface area contributed by atoms with Crippen LogP contribution in [0.5, 0.6) is 0 Å². The maximum atomic E-state index is 12.9. The van der Waals surface area contributed by atoms with Crippen LogP contribution >= 0.6 is 11.8 Å². The number of ether oxygens (including phenoxy) is 1. The highest BCUT2D eigenvalue weighted by atomic mass is 32.2. The summed E-state index contributed by atoms with van der Waals surface area (Å²) < 4.78 is 7.53. The van der Waals surface area contributed by atoms with E-state index in [9.17, 15) is 19.2 Å². The van der Waals surface area contributed by atoms with Gasteiger partial charge in [0.1, 0.15) is 5.65 Å². The fraction of sp³-hybridized carbons (Fsp3) is 0.286. The summed E-state index contributed by atoms with van der Waals surface area (Å²) in [5.74, 6) is -0.508. The minimum atomic E-state index is -0.487. The number of amides is 2. The molecule has 3 rings (SSSR count). The van der Waals surface area contributed by atoms with Gasteiger partial charge in [0, 0.05) is 56.2 Å². The lowest BCUT2D eigenvalue weighted by atomic mass is 10.2. The number of methoxy groups -OCH3 is 1. The van der Waals surface area contributed by atoms with Gasteiger partial charge >= 0.3 is 5.69 Å². The predicted octanol–water partition coefficient (Wildman–Crippen LogP) is 1.47. The number of nitrogens with one attached hydrogen (secondary N) is 2. The molecule has 0 bridgehead atoms. The number of anilines is 2. The SMILES string of the molecule is COCc1cnc2c(c1SCC(=O)Nc1cccc(NC(C)=O)c1)c(=O)n(C)c(=O)n2C. The number of carbonyl (C=O) groups excluding carboxylic acids is 2. The third-order valence-electron chi connectivity index (χ3n) is 4.61. The molecule has 0 saturated carbocycles. The second-order valence-electron chi connectivity index (χ2n) is 7.05. The fourth-order valence-electron chi connectivity index (χ4n) is 3.18. The van der Waals surface area contributed by atoms with Gasteiger partial charge in [-0.05, 0) is 18.2 Å². The number of hydrogen-bond acceptors (Lipinski definition) is 7. The van der Waals surface area contributed by atoms with Crippen LogP contribution in [0.1, 0.15) is 12.5 Å². The van der Waals surface area contributed by atoms with Gasteiger partial charge < -0.3 is 15.4 Å². The molecule has 2 heterocycles. The molecule has 2 N–H and O–H groups in total. The van der Waals surface area contributed by atoms with Crippen LogP contribution in [0.15, 0.2) is 44.9 Å². The lowest BCUT2D eigenvalue weighted by Gasteiger charge is -2.14. The number of rotatable bonds is 7. The normalized spacial score (nSPS) is 10.9. The molecule has 0 aliphatic heterocycles. The Hall–Kier alpha value is -3.44. The second-order valence-corrected chi connectivity index (χ2v) is 8.03. The van der Waals surface area contributed by atoms with Crippen LogP contribution in [-0.4, -0.2) is 38.8 Å². The topological polar surface area (TPSA) is 124 Å². The average molecular weight is 458 g/mol. The summed E-state index contributed by atoms with van der Waals surface area (Å²) >= 11 is 1.17. The summed E-state index contributed by atoms with van der Waals surface area (Å²) in [6, 6.07) is 6.78. The molecule has 11 heteroatoms. The molecule has 2 amide bonds. The van der Waals surface area contributed by atoms with Gasteiger partial charge in [-0.2, -0.15) is 0 Å². The number of hydrogen-bond donors (Lipinski definition) is 2. The van der Waals surface area contributed by atoms with Crippen LogP contribution in [0, 0.1) is 0 Å². The molecule has 0 radical (unpaired) electrons. The second kappa shape index (κ2) is 9.79. The first-order chi connectivity index (χ1) is 15.2. The standard InChI is InChI=1S/C21H23N5O5S/c1-12(27)23-14-6-5-7-15(8-14)24-16(28)11-32-18-13(10-31-4)9-22-19-17(18)20(29)26(3)21(30)25(19)2/h5-9H,10-11H2,1-4H3,(H,23,27)(H,24,28). The predicted molar refractivity (Wildman–Crippen MR) is 123 cm³/mol. The zero-order chi connectivity index (χ0) is 23.4. The van der Waals surface area contributed by atoms with Crippen LogP contribution < -0.4 is 21.9 Å². The highest BCUT2D eigenvalue weighted by Gasteiger charge is 2.18. The summed E-state index contributed by atoms with van der Waals surface area (Å²) in [6.07, 6.45) is 1.54. The zero-order valence-electron chi connectivity index (χ0n) is 18.1. The zero-order valence-corrected chi connectivity index (χ0v) is 18.9. The van der Waals surface area contributed by atoms with E-state index in [-0.39, 0.29) is 35.2 Å². The number of nitrogens with zero attached hydrogens (tertiary/aromatic N) is 3. The minimum absolute atomic E-state index is 0.00614. The summed E-state index contributed by atoms with van der Waals surface area (Å²) in [5.41, 5.74) is 0.999. The number of fused-ring (bicyclic) bond motifs is 1. The molecular formula is C21H23N5O5S. The Morgan fingerprint density at radius 2 is 1.81 bits per heavy atom. The van der Waals surface area contributed by atoms with E-state index in [1.54, 1.807) is 30.5 Å². The first kappa shape index (κ1) is 23.2. The van der Waals surface area contributed by atoms with Crippen molar-refractivity contribution in [2.45, 2.75) is 18.4 Å². The maximum Gasteiger partial charge on any atom is 0.332 e. The van der Waals surface area contributed by atoms with Crippen molar-refractivity contribution in [2.24, 2.45) is 14.1 Å². The molecule has 32 heavy (non-hydrogen) atoms. The lowest BCUT2D eigenvalue weighted by molar-refractivity contribution is -0.114. The van der Waals surface area contributed by atoms with Gasteiger partial charge in [-0.1, -0.05) is 6.07 Å². The molecule has 168 valence electrons. The van der Waals surface area contributed by atoms with Crippen LogP contribution in [0.2, 0.25) is 0 Å². The molecule has 1 aromatic carbocycles. The number of aryl methyl sites for hydroxylation is 1. The van der Waals surface area contributed by atoms with E-state index in [0.717, 1.165) is 4.57 Å². The Morgan fingerprint density at radius 1 is 1.12 bits per heavy atom. The van der Waals surface area contributed by atoms with Gasteiger partial charge in [-0.3, -0.25) is 23.5 Å². The van der Waals surface area contributed by atoms with Gasteiger partial charge in [0.05, 0.1) is 17.7 Å². The first-order valence-electron chi connectivity index (χ1n) is 9.59. The third-order valence-corrected chi connectivity index (χ3v) is 5.77. The molecule has 0 unspecified atom stereocenters. The van der Waals surface area contributed by atoms with E-state index in [1.807, 2.05) is 0 Å². The van der Waals surface area contributed by atoms with E-state index in [2.05, 4.69) is 15.6 Å². The largest absolute Gasteiger partial charge is 0.380 e. The van der Waals surface area contributed by atoms with Crippen molar-refractivity contribution in [2.75, 3.05) is 23.5 Å². The summed E-state index contributed by atoms with van der Waals surface area (Å²) in [6.45, 7) is 1.59. The third kappa shape index (κ3) is 4.89. The molecule has 10 nitrogen and oxygen atoms in total. The quantitative estimate of drug-likeness (QED) is 0.515. The van der Waals surface area contributed by atoms with Crippen molar-refractivity contribution in [3.63, 3.8) is 0 Å².